The van der Waals surface area contributed by atoms with Crippen LogP contribution in [0.4, 0.5) is 0 Å². The molecule has 23 heavy (non-hydrogen) atoms. The minimum absolute atomic E-state index is 0.0882. The average molecular weight is 335 g/mol. The lowest BCUT2D eigenvalue weighted by Gasteiger charge is -2.41. The molecule has 0 spiro atoms. The van der Waals surface area contributed by atoms with Crippen LogP contribution in [0.3, 0.4) is 0 Å². The van der Waals surface area contributed by atoms with Crippen LogP contribution < -0.4 is 0 Å². The van der Waals surface area contributed by atoms with Crippen molar-refractivity contribution in [2.75, 3.05) is 6.54 Å². The SMILES string of the molecule is C=CC[C@@H]1[C@@H]2CC(O)C[C@@H]2CCN1S(=O)(=O)c1ccc(C)cc1. The molecule has 3 rings (SSSR count). The van der Waals surface area contributed by atoms with E-state index in [2.05, 4.69) is 6.58 Å². The molecule has 1 aliphatic heterocycles. The van der Waals surface area contributed by atoms with Gasteiger partial charge < -0.3 is 5.11 Å². The third-order valence-electron chi connectivity index (χ3n) is 5.34. The van der Waals surface area contributed by atoms with Gasteiger partial charge in [-0.05, 0) is 56.6 Å². The summed E-state index contributed by atoms with van der Waals surface area (Å²) in [7, 11) is -3.50. The Morgan fingerprint density at radius 2 is 2.00 bits per heavy atom. The number of sulfonamides is 1. The third kappa shape index (κ3) is 3.10. The summed E-state index contributed by atoms with van der Waals surface area (Å²) in [5, 5.41) is 9.99. The van der Waals surface area contributed by atoms with E-state index in [0.29, 0.717) is 30.2 Å². The van der Waals surface area contributed by atoms with E-state index in [4.69, 9.17) is 0 Å². The maximum atomic E-state index is 13.1. The van der Waals surface area contributed by atoms with Crippen molar-refractivity contribution in [1.29, 1.82) is 0 Å². The van der Waals surface area contributed by atoms with Crippen molar-refractivity contribution in [3.8, 4) is 0 Å². The molecule has 4 nitrogen and oxygen atoms in total. The molecule has 0 bridgehead atoms. The van der Waals surface area contributed by atoms with E-state index in [9.17, 15) is 13.5 Å². The topological polar surface area (TPSA) is 57.6 Å². The maximum Gasteiger partial charge on any atom is 0.243 e. The van der Waals surface area contributed by atoms with Gasteiger partial charge >= 0.3 is 0 Å². The Kier molecular flexibility index (Phi) is 4.63. The monoisotopic (exact) mass is 335 g/mol. The van der Waals surface area contributed by atoms with E-state index in [1.807, 2.05) is 19.1 Å². The van der Waals surface area contributed by atoms with Crippen molar-refractivity contribution < 1.29 is 13.5 Å². The molecule has 1 aromatic rings. The highest BCUT2D eigenvalue weighted by molar-refractivity contribution is 7.89. The fourth-order valence-electron chi connectivity index (χ4n) is 4.21. The zero-order chi connectivity index (χ0) is 16.6. The van der Waals surface area contributed by atoms with E-state index in [0.717, 1.165) is 18.4 Å². The largest absolute Gasteiger partial charge is 0.393 e. The van der Waals surface area contributed by atoms with Gasteiger partial charge in [0.1, 0.15) is 0 Å². The standard InChI is InChI=1S/C18H25NO3S/c1-3-4-18-17-12-15(20)11-14(17)9-10-19(18)23(21,22)16-7-5-13(2)6-8-16/h3,5-8,14-15,17-18,20H,1,4,9-12H2,2H3/t14-,15?,17+,18+/m0/s1. The highest BCUT2D eigenvalue weighted by Crippen LogP contribution is 2.44. The quantitative estimate of drug-likeness (QED) is 0.861. The van der Waals surface area contributed by atoms with E-state index >= 15 is 0 Å². The van der Waals surface area contributed by atoms with Crippen molar-refractivity contribution in [3.63, 3.8) is 0 Å². The normalized spacial score (nSPS) is 31.7. The van der Waals surface area contributed by atoms with Crippen LogP contribution in [0.5, 0.6) is 0 Å². The molecule has 1 aromatic carbocycles. The van der Waals surface area contributed by atoms with Crippen LogP contribution in [-0.2, 0) is 10.0 Å². The van der Waals surface area contributed by atoms with Crippen LogP contribution in [0.1, 0.15) is 31.2 Å². The molecule has 0 amide bonds. The molecule has 5 heteroatoms. The zero-order valence-electron chi connectivity index (χ0n) is 13.6. The van der Waals surface area contributed by atoms with Crippen LogP contribution in [0.2, 0.25) is 0 Å². The maximum absolute atomic E-state index is 13.1. The summed E-state index contributed by atoms with van der Waals surface area (Å²) in [4.78, 5) is 0.356. The highest BCUT2D eigenvalue weighted by Gasteiger charge is 2.46. The zero-order valence-corrected chi connectivity index (χ0v) is 14.4. The summed E-state index contributed by atoms with van der Waals surface area (Å²) >= 11 is 0. The molecule has 0 aromatic heterocycles. The average Bonchev–Trinajstić information content (AvgIpc) is 2.89. The van der Waals surface area contributed by atoms with Gasteiger partial charge in [0.25, 0.3) is 0 Å². The summed E-state index contributed by atoms with van der Waals surface area (Å²) in [6.45, 7) is 6.28. The Labute approximate surface area is 138 Å². The first-order valence-corrected chi connectivity index (χ1v) is 9.75. The van der Waals surface area contributed by atoms with E-state index in [1.54, 1.807) is 22.5 Å². The second kappa shape index (κ2) is 6.38. The van der Waals surface area contributed by atoms with Crippen molar-refractivity contribution in [1.82, 2.24) is 4.31 Å². The van der Waals surface area contributed by atoms with E-state index in [1.165, 1.54) is 0 Å². The molecule has 1 unspecified atom stereocenters. The lowest BCUT2D eigenvalue weighted by Crippen LogP contribution is -2.50. The minimum Gasteiger partial charge on any atom is -0.393 e. The molecule has 1 N–H and O–H groups in total. The lowest BCUT2D eigenvalue weighted by atomic mass is 9.82. The number of hydrogen-bond acceptors (Lipinski definition) is 3. The molecule has 2 fully saturated rings. The van der Waals surface area contributed by atoms with Gasteiger partial charge in [0.2, 0.25) is 10.0 Å². The summed E-state index contributed by atoms with van der Waals surface area (Å²) in [5.41, 5.74) is 1.05. The minimum atomic E-state index is -3.50. The second-order valence-electron chi connectivity index (χ2n) is 6.86. The Hall–Kier alpha value is -1.17. The summed E-state index contributed by atoms with van der Waals surface area (Å²) in [6, 6.07) is 6.95. The highest BCUT2D eigenvalue weighted by atomic mass is 32.2. The molecule has 1 saturated carbocycles. The van der Waals surface area contributed by atoms with Crippen molar-refractivity contribution in [2.45, 2.75) is 49.6 Å². The van der Waals surface area contributed by atoms with Gasteiger partial charge in [-0.1, -0.05) is 23.8 Å². The Morgan fingerprint density at radius 1 is 1.30 bits per heavy atom. The molecule has 0 radical (unpaired) electrons. The first kappa shape index (κ1) is 16.7. The van der Waals surface area contributed by atoms with Crippen LogP contribution >= 0.6 is 0 Å². The number of fused-ring (bicyclic) bond motifs is 1. The smallest absolute Gasteiger partial charge is 0.243 e. The molecule has 1 heterocycles. The number of nitrogens with zero attached hydrogens (tertiary/aromatic N) is 1. The first-order chi connectivity index (χ1) is 10.9. The number of piperidine rings is 1. The number of aryl methyl sites for hydroxylation is 1. The summed E-state index contributed by atoms with van der Waals surface area (Å²) in [6.07, 6.45) is 4.48. The van der Waals surface area contributed by atoms with Crippen LogP contribution in [-0.4, -0.2) is 36.5 Å². The fourth-order valence-corrected chi connectivity index (χ4v) is 5.91. The van der Waals surface area contributed by atoms with Crippen molar-refractivity contribution >= 4 is 10.0 Å². The Balaban J connectivity index is 1.93. The van der Waals surface area contributed by atoms with Crippen molar-refractivity contribution in [2.24, 2.45) is 11.8 Å². The predicted octanol–water partition coefficient (Wildman–Crippen LogP) is 2.72. The molecular weight excluding hydrogens is 310 g/mol. The second-order valence-corrected chi connectivity index (χ2v) is 8.75. The van der Waals surface area contributed by atoms with Crippen LogP contribution in [0.15, 0.2) is 41.8 Å². The van der Waals surface area contributed by atoms with Gasteiger partial charge in [0.15, 0.2) is 0 Å². The molecular formula is C18H25NO3S. The van der Waals surface area contributed by atoms with Gasteiger partial charge in [-0.2, -0.15) is 4.31 Å². The summed E-state index contributed by atoms with van der Waals surface area (Å²) < 4.78 is 27.8. The Bertz CT molecular complexity index is 668. The van der Waals surface area contributed by atoms with Crippen LogP contribution in [0, 0.1) is 18.8 Å². The third-order valence-corrected chi connectivity index (χ3v) is 7.28. The fraction of sp³-hybridized carbons (Fsp3) is 0.556. The van der Waals surface area contributed by atoms with Gasteiger partial charge in [-0.25, -0.2) is 8.42 Å². The molecule has 126 valence electrons. The van der Waals surface area contributed by atoms with E-state index in [-0.39, 0.29) is 18.1 Å². The van der Waals surface area contributed by atoms with Crippen LogP contribution in [0.25, 0.3) is 0 Å². The summed E-state index contributed by atoms with van der Waals surface area (Å²) in [5.74, 6) is 0.663. The molecule has 4 atom stereocenters. The number of rotatable bonds is 4. The predicted molar refractivity (Wildman–Crippen MR) is 90.5 cm³/mol. The van der Waals surface area contributed by atoms with Gasteiger partial charge in [0.05, 0.1) is 11.0 Å². The lowest BCUT2D eigenvalue weighted by molar-refractivity contribution is 0.132. The number of benzene rings is 1. The Morgan fingerprint density at radius 3 is 2.65 bits per heavy atom. The van der Waals surface area contributed by atoms with Crippen molar-refractivity contribution in [3.05, 3.63) is 42.5 Å². The molecule has 1 saturated heterocycles. The van der Waals surface area contributed by atoms with Gasteiger partial charge in [0, 0.05) is 12.6 Å². The van der Waals surface area contributed by atoms with E-state index < -0.39 is 10.0 Å². The number of hydrogen-bond donors (Lipinski definition) is 1. The molecule has 1 aliphatic carbocycles. The number of aliphatic hydroxyl groups excluding tert-OH is 1. The van der Waals surface area contributed by atoms with Gasteiger partial charge in [-0.3, -0.25) is 0 Å². The van der Waals surface area contributed by atoms with Gasteiger partial charge in [-0.15, -0.1) is 6.58 Å². The first-order valence-electron chi connectivity index (χ1n) is 8.31. The number of aliphatic hydroxyl groups is 1. The molecule has 2 aliphatic rings.